The molecule has 4 rings (SSSR count). The predicted molar refractivity (Wildman–Crippen MR) is 109 cm³/mol. The summed E-state index contributed by atoms with van der Waals surface area (Å²) in [6.45, 7) is 9.94. The summed E-state index contributed by atoms with van der Waals surface area (Å²) in [5.74, 6) is -0.0898. The average Bonchev–Trinajstić information content (AvgIpc) is 3.18. The van der Waals surface area contributed by atoms with Crippen LogP contribution >= 0.6 is 0 Å². The number of esters is 1. The first kappa shape index (κ1) is 18.3. The van der Waals surface area contributed by atoms with Crippen molar-refractivity contribution in [1.29, 1.82) is 0 Å². The van der Waals surface area contributed by atoms with Crippen molar-refractivity contribution in [2.75, 3.05) is 13.7 Å². The van der Waals surface area contributed by atoms with Crippen molar-refractivity contribution in [3.8, 4) is 0 Å². The van der Waals surface area contributed by atoms with Gasteiger partial charge in [0.05, 0.1) is 18.3 Å². The van der Waals surface area contributed by atoms with E-state index >= 15 is 0 Å². The summed E-state index contributed by atoms with van der Waals surface area (Å²) in [6.07, 6.45) is 9.03. The van der Waals surface area contributed by atoms with Gasteiger partial charge >= 0.3 is 5.97 Å². The fraction of sp³-hybridized carbons (Fsp3) is 0.304. The van der Waals surface area contributed by atoms with Gasteiger partial charge in [0, 0.05) is 35.2 Å². The Morgan fingerprint density at radius 3 is 2.68 bits per heavy atom. The van der Waals surface area contributed by atoms with E-state index in [4.69, 9.17) is 4.74 Å². The molecule has 0 spiro atoms. The number of amides is 1. The maximum Gasteiger partial charge on any atom is 0.340 e. The van der Waals surface area contributed by atoms with Gasteiger partial charge in [0.15, 0.2) is 0 Å². The molecule has 28 heavy (non-hydrogen) atoms. The molecule has 0 N–H and O–H groups in total. The fourth-order valence-electron chi connectivity index (χ4n) is 4.23. The van der Waals surface area contributed by atoms with E-state index < -0.39 is 5.97 Å². The Labute approximate surface area is 165 Å². The van der Waals surface area contributed by atoms with Gasteiger partial charge in [-0.05, 0) is 56.5 Å². The van der Waals surface area contributed by atoms with E-state index in [1.807, 2.05) is 13.0 Å². The third-order valence-corrected chi connectivity index (χ3v) is 5.77. The summed E-state index contributed by atoms with van der Waals surface area (Å²) < 4.78 is 7.18. The quantitative estimate of drug-likeness (QED) is 0.447. The Morgan fingerprint density at radius 1 is 1.36 bits per heavy atom. The molecule has 5 heteroatoms. The van der Waals surface area contributed by atoms with Gasteiger partial charge in [-0.2, -0.15) is 0 Å². The molecule has 5 nitrogen and oxygen atoms in total. The molecule has 1 aromatic rings. The Hall–Kier alpha value is -3.08. The number of fused-ring (bicyclic) bond motifs is 1. The molecule has 1 fully saturated rings. The van der Waals surface area contributed by atoms with Crippen LogP contribution in [0.3, 0.4) is 0 Å². The average molecular weight is 376 g/mol. The maximum atomic E-state index is 13.0. The highest BCUT2D eigenvalue weighted by atomic mass is 16.5. The van der Waals surface area contributed by atoms with E-state index in [9.17, 15) is 9.59 Å². The molecule has 1 unspecified atom stereocenters. The summed E-state index contributed by atoms with van der Waals surface area (Å²) in [6, 6.07) is 2.06. The minimum Gasteiger partial charge on any atom is -0.465 e. The lowest BCUT2D eigenvalue weighted by molar-refractivity contribution is -0.136. The monoisotopic (exact) mass is 376 g/mol. The molecular formula is C23H24N2O3. The summed E-state index contributed by atoms with van der Waals surface area (Å²) in [5.41, 5.74) is 7.11. The topological polar surface area (TPSA) is 51.5 Å². The molecule has 144 valence electrons. The van der Waals surface area contributed by atoms with Crippen molar-refractivity contribution in [1.82, 2.24) is 9.47 Å². The van der Waals surface area contributed by atoms with Crippen molar-refractivity contribution in [3.63, 3.8) is 0 Å². The summed E-state index contributed by atoms with van der Waals surface area (Å²) in [4.78, 5) is 26.9. The molecule has 0 saturated heterocycles. The molecule has 0 radical (unpaired) electrons. The highest BCUT2D eigenvalue weighted by Gasteiger charge is 2.37. The van der Waals surface area contributed by atoms with Crippen molar-refractivity contribution >= 4 is 23.6 Å². The lowest BCUT2D eigenvalue weighted by Crippen LogP contribution is -2.25. The minimum atomic E-state index is -0.498. The van der Waals surface area contributed by atoms with Gasteiger partial charge in [0.2, 0.25) is 0 Å². The zero-order valence-electron chi connectivity index (χ0n) is 16.7. The Kier molecular flexibility index (Phi) is 4.26. The first-order chi connectivity index (χ1) is 13.4. The van der Waals surface area contributed by atoms with Gasteiger partial charge in [0.25, 0.3) is 5.91 Å². The van der Waals surface area contributed by atoms with Crippen molar-refractivity contribution in [3.05, 3.63) is 70.2 Å². The lowest BCUT2D eigenvalue weighted by atomic mass is 10.0. The van der Waals surface area contributed by atoms with Gasteiger partial charge in [-0.1, -0.05) is 12.2 Å². The number of carbonyl (C=O) groups is 2. The molecule has 2 heterocycles. The van der Waals surface area contributed by atoms with Crippen LogP contribution in [0, 0.1) is 19.8 Å². The van der Waals surface area contributed by atoms with Crippen LogP contribution in [0.5, 0.6) is 0 Å². The standard InChI is InChI=1S/C23H24N2O3/c1-6-9-24-15(4)21(23(27)28-5)19(22(24)26)12-17-10-13(2)25(14(17)3)20-8-7-16-11-18(16)20/h6-8,10,12,16H,1,9,11H2,2-5H3/b19-12-. The zero-order chi connectivity index (χ0) is 20.2. The smallest absolute Gasteiger partial charge is 0.340 e. The molecule has 0 aromatic carbocycles. The number of rotatable bonds is 5. The number of aromatic nitrogens is 1. The van der Waals surface area contributed by atoms with E-state index in [1.54, 1.807) is 17.9 Å². The Balaban J connectivity index is 1.81. The van der Waals surface area contributed by atoms with Gasteiger partial charge in [-0.15, -0.1) is 6.58 Å². The van der Waals surface area contributed by atoms with E-state index in [0.29, 0.717) is 29.3 Å². The number of carbonyl (C=O) groups excluding carboxylic acids is 2. The minimum absolute atomic E-state index is 0.201. The number of ether oxygens (including phenoxy) is 1. The third-order valence-electron chi connectivity index (χ3n) is 5.77. The van der Waals surface area contributed by atoms with Crippen LogP contribution in [0.2, 0.25) is 0 Å². The highest BCUT2D eigenvalue weighted by molar-refractivity contribution is 6.16. The number of methoxy groups -OCH3 is 1. The van der Waals surface area contributed by atoms with E-state index in [-0.39, 0.29) is 5.91 Å². The number of hydrogen-bond donors (Lipinski definition) is 0. The SMILES string of the molecule is C=CCN1C(=O)/C(=C\c2cc(C)n(C3=C4CC4C=C3)c2C)C(C(=O)OC)=C1C. The van der Waals surface area contributed by atoms with Crippen molar-refractivity contribution < 1.29 is 14.3 Å². The molecule has 3 aliphatic rings. The predicted octanol–water partition coefficient (Wildman–Crippen LogP) is 3.76. The van der Waals surface area contributed by atoms with Crippen LogP contribution in [0.15, 0.2) is 53.3 Å². The third kappa shape index (κ3) is 2.61. The van der Waals surface area contributed by atoms with Crippen LogP contribution in [0.1, 0.15) is 30.3 Å². The summed E-state index contributed by atoms with van der Waals surface area (Å²) in [5, 5.41) is 0. The Bertz CT molecular complexity index is 1050. The first-order valence-corrected chi connectivity index (χ1v) is 9.43. The van der Waals surface area contributed by atoms with Gasteiger partial charge in [-0.3, -0.25) is 4.79 Å². The molecule has 0 bridgehead atoms. The second kappa shape index (κ2) is 6.51. The van der Waals surface area contributed by atoms with Gasteiger partial charge in [-0.25, -0.2) is 4.79 Å². The molecular weight excluding hydrogens is 352 g/mol. The molecule has 1 saturated carbocycles. The van der Waals surface area contributed by atoms with Crippen LogP contribution in [-0.2, 0) is 14.3 Å². The largest absolute Gasteiger partial charge is 0.465 e. The number of nitrogens with zero attached hydrogens (tertiary/aromatic N) is 2. The fourth-order valence-corrected chi connectivity index (χ4v) is 4.23. The number of hydrogen-bond acceptors (Lipinski definition) is 3. The summed E-state index contributed by atoms with van der Waals surface area (Å²) in [7, 11) is 1.33. The summed E-state index contributed by atoms with van der Waals surface area (Å²) >= 11 is 0. The van der Waals surface area contributed by atoms with Crippen LogP contribution in [-0.4, -0.2) is 35.0 Å². The molecule has 1 aliphatic heterocycles. The number of aryl methyl sites for hydroxylation is 1. The maximum absolute atomic E-state index is 13.0. The van der Waals surface area contributed by atoms with Gasteiger partial charge < -0.3 is 14.2 Å². The van der Waals surface area contributed by atoms with Crippen LogP contribution < -0.4 is 0 Å². The van der Waals surface area contributed by atoms with E-state index in [2.05, 4.69) is 36.3 Å². The van der Waals surface area contributed by atoms with E-state index in [0.717, 1.165) is 23.4 Å². The molecule has 1 atom stereocenters. The van der Waals surface area contributed by atoms with Crippen molar-refractivity contribution in [2.24, 2.45) is 5.92 Å². The highest BCUT2D eigenvalue weighted by Crippen LogP contribution is 2.48. The number of allylic oxidation sites excluding steroid dienone is 5. The molecule has 1 aromatic heterocycles. The van der Waals surface area contributed by atoms with Gasteiger partial charge in [0.1, 0.15) is 0 Å². The normalized spacial score (nSPS) is 21.9. The van der Waals surface area contributed by atoms with Crippen LogP contribution in [0.4, 0.5) is 0 Å². The second-order valence-electron chi connectivity index (χ2n) is 7.46. The molecule has 1 amide bonds. The lowest BCUT2D eigenvalue weighted by Gasteiger charge is -2.14. The van der Waals surface area contributed by atoms with E-state index in [1.165, 1.54) is 18.4 Å². The van der Waals surface area contributed by atoms with Crippen LogP contribution in [0.25, 0.3) is 11.8 Å². The zero-order valence-corrected chi connectivity index (χ0v) is 16.7. The molecule has 2 aliphatic carbocycles. The first-order valence-electron chi connectivity index (χ1n) is 9.43. The van der Waals surface area contributed by atoms with Crippen molar-refractivity contribution in [2.45, 2.75) is 27.2 Å². The second-order valence-corrected chi connectivity index (χ2v) is 7.46. The Morgan fingerprint density at radius 2 is 2.11 bits per heavy atom.